The van der Waals surface area contributed by atoms with Gasteiger partial charge >= 0.3 is 12.1 Å². The van der Waals surface area contributed by atoms with Gasteiger partial charge in [-0.2, -0.15) is 13.2 Å². The number of aromatic nitrogens is 1. The van der Waals surface area contributed by atoms with Crippen molar-refractivity contribution in [2.75, 3.05) is 5.48 Å². The zero-order valence-corrected chi connectivity index (χ0v) is 17.0. The third-order valence-electron chi connectivity index (χ3n) is 4.85. The lowest BCUT2D eigenvalue weighted by molar-refractivity contribution is -0.137. The predicted octanol–water partition coefficient (Wildman–Crippen LogP) is 6.66. The van der Waals surface area contributed by atoms with Gasteiger partial charge in [-0.05, 0) is 29.8 Å². The molecule has 5 nitrogen and oxygen atoms in total. The highest BCUT2D eigenvalue weighted by molar-refractivity contribution is 7.13. The number of para-hydroxylation sites is 1. The lowest BCUT2D eigenvalue weighted by Gasteiger charge is -2.12. The van der Waals surface area contributed by atoms with Crippen molar-refractivity contribution in [1.29, 1.82) is 0 Å². The SMILES string of the molecule is O=C(O)c1cc(-c2nc(-c3ccc(C(F)(F)F)cc3)cs2)ccc1-c1ccccc1NO. The van der Waals surface area contributed by atoms with E-state index in [1.54, 1.807) is 41.8 Å². The van der Waals surface area contributed by atoms with Gasteiger partial charge < -0.3 is 5.11 Å². The fourth-order valence-corrected chi connectivity index (χ4v) is 4.10. The van der Waals surface area contributed by atoms with Gasteiger partial charge in [0.05, 0.1) is 22.5 Å². The molecule has 0 unspecified atom stereocenters. The number of benzene rings is 3. The first-order valence-electron chi connectivity index (χ1n) is 9.28. The van der Waals surface area contributed by atoms with Crippen molar-refractivity contribution >= 4 is 23.0 Å². The Morgan fingerprint density at radius 2 is 1.62 bits per heavy atom. The molecule has 4 aromatic rings. The summed E-state index contributed by atoms with van der Waals surface area (Å²) in [5, 5.41) is 21.3. The maximum Gasteiger partial charge on any atom is 0.416 e. The second-order valence-corrected chi connectivity index (χ2v) is 7.69. The molecule has 9 heteroatoms. The van der Waals surface area contributed by atoms with Gasteiger partial charge in [0.1, 0.15) is 5.01 Å². The number of carboxylic acid groups (broad SMARTS) is 1. The van der Waals surface area contributed by atoms with Crippen LogP contribution in [0.2, 0.25) is 0 Å². The summed E-state index contributed by atoms with van der Waals surface area (Å²) in [4.78, 5) is 16.4. The van der Waals surface area contributed by atoms with Crippen LogP contribution in [0.5, 0.6) is 0 Å². The van der Waals surface area contributed by atoms with Gasteiger partial charge in [0, 0.05) is 22.1 Å². The molecule has 0 saturated heterocycles. The van der Waals surface area contributed by atoms with E-state index in [-0.39, 0.29) is 5.56 Å². The van der Waals surface area contributed by atoms with Crippen molar-refractivity contribution in [1.82, 2.24) is 4.98 Å². The summed E-state index contributed by atoms with van der Waals surface area (Å²) in [6.45, 7) is 0. The molecule has 0 saturated carbocycles. The Morgan fingerprint density at radius 1 is 0.938 bits per heavy atom. The van der Waals surface area contributed by atoms with Gasteiger partial charge in [0.15, 0.2) is 0 Å². The van der Waals surface area contributed by atoms with Crippen molar-refractivity contribution in [3.63, 3.8) is 0 Å². The number of anilines is 1. The van der Waals surface area contributed by atoms with Crippen molar-refractivity contribution < 1.29 is 28.3 Å². The first-order valence-corrected chi connectivity index (χ1v) is 10.2. The van der Waals surface area contributed by atoms with Crippen LogP contribution in [0.15, 0.2) is 72.1 Å². The third kappa shape index (κ3) is 4.20. The Morgan fingerprint density at radius 3 is 2.28 bits per heavy atom. The number of thiazole rings is 1. The van der Waals surface area contributed by atoms with Crippen LogP contribution < -0.4 is 5.48 Å². The van der Waals surface area contributed by atoms with Crippen LogP contribution in [0.25, 0.3) is 33.0 Å². The summed E-state index contributed by atoms with van der Waals surface area (Å²) < 4.78 is 38.3. The first kappa shape index (κ1) is 21.5. The fraction of sp³-hybridized carbons (Fsp3) is 0.0435. The molecule has 0 aliphatic carbocycles. The van der Waals surface area contributed by atoms with Crippen LogP contribution in [0.4, 0.5) is 18.9 Å². The summed E-state index contributed by atoms with van der Waals surface area (Å²) in [6, 6.07) is 16.3. The highest BCUT2D eigenvalue weighted by atomic mass is 32.1. The molecule has 0 radical (unpaired) electrons. The van der Waals surface area contributed by atoms with Crippen molar-refractivity contribution in [2.24, 2.45) is 0 Å². The van der Waals surface area contributed by atoms with Gasteiger partial charge in [-0.25, -0.2) is 9.78 Å². The number of nitrogens with one attached hydrogen (secondary N) is 1. The number of nitrogens with zero attached hydrogens (tertiary/aromatic N) is 1. The average molecular weight is 456 g/mol. The summed E-state index contributed by atoms with van der Waals surface area (Å²) in [6.07, 6.45) is -4.41. The minimum Gasteiger partial charge on any atom is -0.478 e. The van der Waals surface area contributed by atoms with Crippen molar-refractivity contribution in [3.8, 4) is 33.0 Å². The van der Waals surface area contributed by atoms with Crippen LogP contribution >= 0.6 is 11.3 Å². The molecule has 4 rings (SSSR count). The quantitative estimate of drug-likeness (QED) is 0.293. The molecule has 0 aliphatic heterocycles. The molecular weight excluding hydrogens is 441 g/mol. The Bertz CT molecular complexity index is 1280. The number of carbonyl (C=O) groups is 1. The van der Waals surface area contributed by atoms with Crippen LogP contribution in [-0.2, 0) is 6.18 Å². The van der Waals surface area contributed by atoms with E-state index in [1.165, 1.54) is 29.5 Å². The molecule has 0 atom stereocenters. The largest absolute Gasteiger partial charge is 0.478 e. The molecule has 162 valence electrons. The number of alkyl halides is 3. The zero-order valence-electron chi connectivity index (χ0n) is 16.2. The Labute approximate surface area is 184 Å². The number of rotatable bonds is 5. The van der Waals surface area contributed by atoms with E-state index in [1.807, 2.05) is 0 Å². The smallest absolute Gasteiger partial charge is 0.416 e. The number of hydrogen-bond acceptors (Lipinski definition) is 5. The minimum absolute atomic E-state index is 0.0245. The van der Waals surface area contributed by atoms with Gasteiger partial charge in [-0.15, -0.1) is 11.3 Å². The Hall–Kier alpha value is -3.69. The van der Waals surface area contributed by atoms with E-state index in [0.29, 0.717) is 38.6 Å². The Kier molecular flexibility index (Phi) is 5.68. The molecular formula is C23H15F3N2O3S. The molecule has 0 bridgehead atoms. The molecule has 0 fully saturated rings. The van der Waals surface area contributed by atoms with E-state index in [2.05, 4.69) is 10.5 Å². The Balaban J connectivity index is 1.70. The normalized spacial score (nSPS) is 11.4. The monoisotopic (exact) mass is 456 g/mol. The van der Waals surface area contributed by atoms with Crippen LogP contribution in [0.1, 0.15) is 15.9 Å². The van der Waals surface area contributed by atoms with Crippen LogP contribution in [0.3, 0.4) is 0 Å². The molecule has 0 aliphatic rings. The lowest BCUT2D eigenvalue weighted by atomic mass is 9.96. The number of carboxylic acids is 1. The molecule has 3 aromatic carbocycles. The van der Waals surface area contributed by atoms with Gasteiger partial charge in [0.2, 0.25) is 0 Å². The standard InChI is InChI=1S/C23H15F3N2O3S/c24-23(25,26)15-8-5-13(6-9-15)20-12-32-21(27-20)14-7-10-16(18(11-14)22(29)30)17-3-1-2-4-19(17)28-31/h1-12,28,31H,(H,29,30). The lowest BCUT2D eigenvalue weighted by Crippen LogP contribution is -2.04. The third-order valence-corrected chi connectivity index (χ3v) is 5.74. The zero-order chi connectivity index (χ0) is 22.9. The number of halogens is 3. The van der Waals surface area contributed by atoms with Gasteiger partial charge in [0.25, 0.3) is 0 Å². The van der Waals surface area contributed by atoms with E-state index < -0.39 is 17.7 Å². The summed E-state index contributed by atoms with van der Waals surface area (Å²) in [5.41, 5.74) is 4.23. The number of hydrogen-bond donors (Lipinski definition) is 3. The second-order valence-electron chi connectivity index (χ2n) is 6.84. The molecule has 32 heavy (non-hydrogen) atoms. The fourth-order valence-electron chi connectivity index (χ4n) is 3.27. The van der Waals surface area contributed by atoms with Gasteiger partial charge in [-0.1, -0.05) is 42.5 Å². The number of aromatic carboxylic acids is 1. The second kappa shape index (κ2) is 8.45. The summed E-state index contributed by atoms with van der Waals surface area (Å²) in [7, 11) is 0. The highest BCUT2D eigenvalue weighted by Crippen LogP contribution is 2.36. The topological polar surface area (TPSA) is 82.5 Å². The van der Waals surface area contributed by atoms with Gasteiger partial charge in [-0.3, -0.25) is 10.7 Å². The molecule has 3 N–H and O–H groups in total. The molecule has 1 aromatic heterocycles. The molecule has 0 amide bonds. The maximum atomic E-state index is 12.8. The summed E-state index contributed by atoms with van der Waals surface area (Å²) >= 11 is 1.26. The summed E-state index contributed by atoms with van der Waals surface area (Å²) in [5.74, 6) is -1.14. The van der Waals surface area contributed by atoms with E-state index in [0.717, 1.165) is 12.1 Å². The molecule has 0 spiro atoms. The van der Waals surface area contributed by atoms with E-state index >= 15 is 0 Å². The van der Waals surface area contributed by atoms with E-state index in [9.17, 15) is 28.3 Å². The minimum atomic E-state index is -4.41. The van der Waals surface area contributed by atoms with E-state index in [4.69, 9.17) is 0 Å². The van der Waals surface area contributed by atoms with Crippen LogP contribution in [0, 0.1) is 0 Å². The van der Waals surface area contributed by atoms with Crippen LogP contribution in [-0.4, -0.2) is 21.3 Å². The van der Waals surface area contributed by atoms with Crippen molar-refractivity contribution in [3.05, 3.63) is 83.2 Å². The average Bonchev–Trinajstić information content (AvgIpc) is 3.28. The maximum absolute atomic E-state index is 12.8. The van der Waals surface area contributed by atoms with Crippen molar-refractivity contribution in [2.45, 2.75) is 6.18 Å². The highest BCUT2D eigenvalue weighted by Gasteiger charge is 2.30. The molecule has 1 heterocycles. The predicted molar refractivity (Wildman–Crippen MR) is 116 cm³/mol. The first-order chi connectivity index (χ1) is 15.3.